The third-order valence-electron chi connectivity index (χ3n) is 5.00. The van der Waals surface area contributed by atoms with Gasteiger partial charge in [0.15, 0.2) is 0 Å². The molecule has 0 bridgehead atoms. The van der Waals surface area contributed by atoms with Crippen molar-refractivity contribution in [1.82, 2.24) is 4.90 Å². The first-order valence-electron chi connectivity index (χ1n) is 9.25. The lowest BCUT2D eigenvalue weighted by atomic mass is 9.97. The molecule has 0 spiro atoms. The second-order valence-electron chi connectivity index (χ2n) is 7.12. The molecule has 29 heavy (non-hydrogen) atoms. The molecule has 0 saturated carbocycles. The second-order valence-corrected chi connectivity index (χ2v) is 7.12. The number of nitrogens with zero attached hydrogens (tertiary/aromatic N) is 1. The van der Waals surface area contributed by atoms with Gasteiger partial charge < -0.3 is 10.4 Å². The van der Waals surface area contributed by atoms with Gasteiger partial charge in [0.05, 0.1) is 11.5 Å². The van der Waals surface area contributed by atoms with Gasteiger partial charge in [0, 0.05) is 17.8 Å². The van der Waals surface area contributed by atoms with Gasteiger partial charge in [-0.1, -0.05) is 12.1 Å². The van der Waals surface area contributed by atoms with Gasteiger partial charge in [0.2, 0.25) is 0 Å². The molecule has 154 valence electrons. The van der Waals surface area contributed by atoms with Gasteiger partial charge in [-0.05, 0) is 67.9 Å². The molecule has 0 unspecified atom stereocenters. The Kier molecular flexibility index (Phi) is 6.22. The third-order valence-corrected chi connectivity index (χ3v) is 5.00. The summed E-state index contributed by atoms with van der Waals surface area (Å²) >= 11 is 0. The van der Waals surface area contributed by atoms with Gasteiger partial charge in [-0.3, -0.25) is 14.5 Å². The van der Waals surface area contributed by atoms with Crippen molar-refractivity contribution in [2.75, 3.05) is 18.4 Å². The number of amides is 1. The van der Waals surface area contributed by atoms with Crippen LogP contribution < -0.4 is 5.32 Å². The van der Waals surface area contributed by atoms with E-state index in [4.69, 9.17) is 5.11 Å². The summed E-state index contributed by atoms with van der Waals surface area (Å²) in [5, 5.41) is 11.8. The van der Waals surface area contributed by atoms with Crippen LogP contribution >= 0.6 is 0 Å². The first kappa shape index (κ1) is 20.9. The van der Waals surface area contributed by atoms with E-state index in [-0.39, 0.29) is 11.5 Å². The van der Waals surface area contributed by atoms with E-state index in [0.717, 1.165) is 29.8 Å². The summed E-state index contributed by atoms with van der Waals surface area (Å²) in [6.45, 7) is 2.02. The molecule has 1 saturated heterocycles. The minimum absolute atomic E-state index is 0.138. The second kappa shape index (κ2) is 8.65. The molecule has 1 amide bonds. The Hall–Kier alpha value is -2.87. The van der Waals surface area contributed by atoms with E-state index in [1.165, 1.54) is 0 Å². The van der Waals surface area contributed by atoms with Crippen molar-refractivity contribution >= 4 is 17.6 Å². The predicted molar refractivity (Wildman–Crippen MR) is 101 cm³/mol. The van der Waals surface area contributed by atoms with Crippen LogP contribution in [0.1, 0.15) is 34.3 Å². The Balaban J connectivity index is 1.59. The van der Waals surface area contributed by atoms with Crippen LogP contribution in [0.2, 0.25) is 0 Å². The number of carbonyl (C=O) groups excluding carboxylic acids is 1. The number of hydrogen-bond acceptors (Lipinski definition) is 3. The Morgan fingerprint density at radius 1 is 1.07 bits per heavy atom. The zero-order valence-corrected chi connectivity index (χ0v) is 15.6. The van der Waals surface area contributed by atoms with Crippen molar-refractivity contribution < 1.29 is 27.9 Å². The van der Waals surface area contributed by atoms with Crippen LogP contribution in [0, 0.1) is 5.92 Å². The standard InChI is InChI=1S/C21H21F3N2O3/c22-21(23,24)17-6-4-15(5-7-17)19(27)25-18-3-1-2-14(12-18)13-26-10-8-16(9-11-26)20(28)29/h1-7,12,16H,8-11,13H2,(H,25,27)(H,28,29). The van der Waals surface area contributed by atoms with Crippen LogP contribution in [0.3, 0.4) is 0 Å². The van der Waals surface area contributed by atoms with Crippen LogP contribution in [-0.4, -0.2) is 35.0 Å². The molecule has 1 heterocycles. The number of rotatable bonds is 5. The summed E-state index contributed by atoms with van der Waals surface area (Å²) in [4.78, 5) is 25.5. The van der Waals surface area contributed by atoms with E-state index >= 15 is 0 Å². The number of carbonyl (C=O) groups is 2. The number of carboxylic acid groups (broad SMARTS) is 1. The highest BCUT2D eigenvalue weighted by Gasteiger charge is 2.30. The fourth-order valence-electron chi connectivity index (χ4n) is 3.36. The number of alkyl halides is 3. The van der Waals surface area contributed by atoms with Crippen LogP contribution in [0.4, 0.5) is 18.9 Å². The Morgan fingerprint density at radius 3 is 2.31 bits per heavy atom. The van der Waals surface area contributed by atoms with Crippen molar-refractivity contribution in [2.24, 2.45) is 5.92 Å². The fourth-order valence-corrected chi connectivity index (χ4v) is 3.36. The van der Waals surface area contributed by atoms with E-state index in [9.17, 15) is 22.8 Å². The van der Waals surface area contributed by atoms with Crippen molar-refractivity contribution in [1.29, 1.82) is 0 Å². The minimum Gasteiger partial charge on any atom is -0.481 e. The van der Waals surface area contributed by atoms with Gasteiger partial charge in [-0.2, -0.15) is 13.2 Å². The number of piperidine rings is 1. The molecule has 1 aliphatic heterocycles. The molecule has 8 heteroatoms. The lowest BCUT2D eigenvalue weighted by Gasteiger charge is -2.30. The van der Waals surface area contributed by atoms with Gasteiger partial charge in [-0.15, -0.1) is 0 Å². The van der Waals surface area contributed by atoms with E-state index in [1.54, 1.807) is 12.1 Å². The highest BCUT2D eigenvalue weighted by molar-refractivity contribution is 6.04. The first-order valence-corrected chi connectivity index (χ1v) is 9.25. The average Bonchev–Trinajstić information content (AvgIpc) is 2.68. The van der Waals surface area contributed by atoms with Crippen molar-refractivity contribution in [3.63, 3.8) is 0 Å². The van der Waals surface area contributed by atoms with Crippen molar-refractivity contribution in [2.45, 2.75) is 25.6 Å². The van der Waals surface area contributed by atoms with Crippen LogP contribution in [-0.2, 0) is 17.5 Å². The number of anilines is 1. The van der Waals surface area contributed by atoms with Crippen molar-refractivity contribution in [3.05, 3.63) is 65.2 Å². The number of carboxylic acids is 1. The SMILES string of the molecule is O=C(Nc1cccc(CN2CCC(C(=O)O)CC2)c1)c1ccc(C(F)(F)F)cc1. The van der Waals surface area contributed by atoms with Gasteiger partial charge in [0.25, 0.3) is 5.91 Å². The smallest absolute Gasteiger partial charge is 0.416 e. The molecule has 2 aromatic rings. The number of aliphatic carboxylic acids is 1. The summed E-state index contributed by atoms with van der Waals surface area (Å²) in [5.74, 6) is -1.53. The number of nitrogens with one attached hydrogen (secondary N) is 1. The van der Waals surface area contributed by atoms with Gasteiger partial charge >= 0.3 is 12.1 Å². The first-order chi connectivity index (χ1) is 13.7. The van der Waals surface area contributed by atoms with Crippen LogP contribution in [0.25, 0.3) is 0 Å². The third kappa shape index (κ3) is 5.57. The lowest BCUT2D eigenvalue weighted by Crippen LogP contribution is -2.35. The van der Waals surface area contributed by atoms with E-state index in [2.05, 4.69) is 10.2 Å². The van der Waals surface area contributed by atoms with Crippen LogP contribution in [0.5, 0.6) is 0 Å². The predicted octanol–water partition coefficient (Wildman–Crippen LogP) is 4.25. The molecular formula is C21H21F3N2O3. The number of halogens is 3. The molecule has 0 aromatic heterocycles. The average molecular weight is 406 g/mol. The maximum absolute atomic E-state index is 12.6. The lowest BCUT2D eigenvalue weighted by molar-refractivity contribution is -0.143. The maximum Gasteiger partial charge on any atom is 0.416 e. The topological polar surface area (TPSA) is 69.6 Å². The molecule has 0 radical (unpaired) electrons. The molecule has 5 nitrogen and oxygen atoms in total. The van der Waals surface area contributed by atoms with E-state index < -0.39 is 23.6 Å². The quantitative estimate of drug-likeness (QED) is 0.779. The van der Waals surface area contributed by atoms with Crippen LogP contribution in [0.15, 0.2) is 48.5 Å². The van der Waals surface area contributed by atoms with E-state index in [1.807, 2.05) is 12.1 Å². The molecular weight excluding hydrogens is 385 g/mol. The van der Waals surface area contributed by atoms with Crippen molar-refractivity contribution in [3.8, 4) is 0 Å². The molecule has 3 rings (SSSR count). The highest BCUT2D eigenvalue weighted by Crippen LogP contribution is 2.29. The molecule has 1 fully saturated rings. The number of benzene rings is 2. The zero-order chi connectivity index (χ0) is 21.0. The Labute approximate surface area is 166 Å². The molecule has 2 N–H and O–H groups in total. The largest absolute Gasteiger partial charge is 0.481 e. The summed E-state index contributed by atoms with van der Waals surface area (Å²) in [5.41, 5.74) is 0.846. The van der Waals surface area contributed by atoms with Gasteiger partial charge in [-0.25, -0.2) is 0 Å². The maximum atomic E-state index is 12.6. The summed E-state index contributed by atoms with van der Waals surface area (Å²) < 4.78 is 37.9. The molecule has 1 aliphatic rings. The Bertz CT molecular complexity index is 873. The number of likely N-dealkylation sites (tertiary alicyclic amines) is 1. The molecule has 0 atom stereocenters. The van der Waals surface area contributed by atoms with Gasteiger partial charge in [0.1, 0.15) is 0 Å². The zero-order valence-electron chi connectivity index (χ0n) is 15.6. The number of hydrogen-bond donors (Lipinski definition) is 2. The summed E-state index contributed by atoms with van der Waals surface area (Å²) in [6.07, 6.45) is -3.22. The normalized spacial score (nSPS) is 15.8. The molecule has 0 aliphatic carbocycles. The minimum atomic E-state index is -4.44. The fraction of sp³-hybridized carbons (Fsp3) is 0.333. The summed E-state index contributed by atoms with van der Waals surface area (Å²) in [7, 11) is 0. The Morgan fingerprint density at radius 2 is 1.72 bits per heavy atom. The van der Waals surface area contributed by atoms with E-state index in [0.29, 0.717) is 38.2 Å². The summed E-state index contributed by atoms with van der Waals surface area (Å²) in [6, 6.07) is 11.3. The monoisotopic (exact) mass is 406 g/mol. The molecule has 2 aromatic carbocycles. The highest BCUT2D eigenvalue weighted by atomic mass is 19.4.